The number of anilines is 2. The lowest BCUT2D eigenvalue weighted by Gasteiger charge is -2.40. The van der Waals surface area contributed by atoms with Crippen LogP contribution < -0.4 is 20.7 Å². The van der Waals surface area contributed by atoms with Crippen LogP contribution in [0.4, 0.5) is 11.4 Å². The van der Waals surface area contributed by atoms with Gasteiger partial charge in [0, 0.05) is 32.8 Å². The Hall–Kier alpha value is -3.46. The number of hydrogen-bond donors (Lipinski definition) is 3. The molecule has 1 saturated heterocycles. The number of carbonyl (C=O) groups is 3. The van der Waals surface area contributed by atoms with Gasteiger partial charge < -0.3 is 20.7 Å². The van der Waals surface area contributed by atoms with Crippen LogP contribution in [0.1, 0.15) is 25.5 Å². The molecule has 1 aliphatic heterocycles. The highest BCUT2D eigenvalue weighted by molar-refractivity contribution is 6.00. The number of nitrogens with one attached hydrogen (secondary N) is 3. The topological polar surface area (TPSA) is 113 Å². The van der Waals surface area contributed by atoms with Crippen molar-refractivity contribution < 1.29 is 19.1 Å². The van der Waals surface area contributed by atoms with Crippen molar-refractivity contribution >= 4 is 29.1 Å². The second kappa shape index (κ2) is 10.2. The fraction of sp³-hybridized carbons (Fsp3) is 0.391. The molecule has 0 bridgehead atoms. The Labute approximate surface area is 187 Å². The fourth-order valence-electron chi connectivity index (χ4n) is 4.12. The molecule has 32 heavy (non-hydrogen) atoms. The first kappa shape index (κ1) is 23.2. The predicted molar refractivity (Wildman–Crippen MR) is 122 cm³/mol. The number of aromatic nitrogens is 1. The van der Waals surface area contributed by atoms with Crippen LogP contribution in [0.3, 0.4) is 0 Å². The normalized spacial score (nSPS) is 18.5. The summed E-state index contributed by atoms with van der Waals surface area (Å²) in [5, 5.41) is 8.33. The Morgan fingerprint density at radius 1 is 1.16 bits per heavy atom. The number of benzene rings is 1. The van der Waals surface area contributed by atoms with E-state index in [0.717, 1.165) is 6.42 Å². The van der Waals surface area contributed by atoms with Crippen LogP contribution in [0.2, 0.25) is 0 Å². The Morgan fingerprint density at radius 2 is 1.97 bits per heavy atom. The molecular formula is C23H29N5O4. The van der Waals surface area contributed by atoms with Gasteiger partial charge in [-0.25, -0.2) is 0 Å². The number of amides is 3. The average Bonchev–Trinajstić information content (AvgIpc) is 2.80. The second-order valence-corrected chi connectivity index (χ2v) is 7.83. The van der Waals surface area contributed by atoms with Crippen LogP contribution in [0.5, 0.6) is 5.75 Å². The van der Waals surface area contributed by atoms with E-state index in [1.165, 1.54) is 14.0 Å². The zero-order valence-corrected chi connectivity index (χ0v) is 18.6. The third-order valence-corrected chi connectivity index (χ3v) is 5.57. The molecule has 0 aliphatic carbocycles. The number of nitrogens with zero attached hydrogens (tertiary/aromatic N) is 2. The van der Waals surface area contributed by atoms with E-state index in [9.17, 15) is 14.4 Å². The molecule has 170 valence electrons. The van der Waals surface area contributed by atoms with Crippen molar-refractivity contribution in [3.05, 3.63) is 48.3 Å². The van der Waals surface area contributed by atoms with E-state index in [-0.39, 0.29) is 24.3 Å². The first-order valence-corrected chi connectivity index (χ1v) is 10.5. The number of carbonyl (C=O) groups excluding carboxylic acids is 3. The summed E-state index contributed by atoms with van der Waals surface area (Å²) in [6, 6.07) is 10.6. The van der Waals surface area contributed by atoms with Gasteiger partial charge in [0.05, 0.1) is 30.7 Å². The summed E-state index contributed by atoms with van der Waals surface area (Å²) in [5.41, 5.74) is 0.818. The van der Waals surface area contributed by atoms with Crippen molar-refractivity contribution in [3.8, 4) is 5.75 Å². The summed E-state index contributed by atoms with van der Waals surface area (Å²) in [7, 11) is 3.15. The van der Waals surface area contributed by atoms with Crippen LogP contribution in [-0.2, 0) is 19.8 Å². The van der Waals surface area contributed by atoms with Gasteiger partial charge >= 0.3 is 0 Å². The highest BCUT2D eigenvalue weighted by atomic mass is 16.5. The smallest absolute Gasteiger partial charge is 0.238 e. The van der Waals surface area contributed by atoms with Gasteiger partial charge in [-0.2, -0.15) is 0 Å². The third-order valence-electron chi connectivity index (χ3n) is 5.57. The molecule has 1 aromatic heterocycles. The van der Waals surface area contributed by atoms with Crippen LogP contribution in [0, 0.1) is 0 Å². The molecule has 1 unspecified atom stereocenters. The van der Waals surface area contributed by atoms with Crippen molar-refractivity contribution in [1.82, 2.24) is 15.2 Å². The summed E-state index contributed by atoms with van der Waals surface area (Å²) in [6.07, 6.45) is 3.09. The number of rotatable bonds is 7. The first-order valence-electron chi connectivity index (χ1n) is 10.5. The van der Waals surface area contributed by atoms with E-state index >= 15 is 0 Å². The van der Waals surface area contributed by atoms with E-state index in [0.29, 0.717) is 42.3 Å². The summed E-state index contributed by atoms with van der Waals surface area (Å²) in [4.78, 5) is 43.7. The molecule has 9 heteroatoms. The number of ether oxygens (including phenoxy) is 1. The van der Waals surface area contributed by atoms with Gasteiger partial charge in [-0.3, -0.25) is 24.3 Å². The number of likely N-dealkylation sites (N-methyl/N-ethyl adjacent to an activating group) is 1. The molecular weight excluding hydrogens is 410 g/mol. The molecule has 1 fully saturated rings. The molecule has 9 nitrogen and oxygen atoms in total. The molecule has 3 rings (SSSR count). The third kappa shape index (κ3) is 5.23. The molecule has 1 atom stereocenters. The maximum Gasteiger partial charge on any atom is 0.238 e. The van der Waals surface area contributed by atoms with Gasteiger partial charge in [-0.1, -0.05) is 6.07 Å². The second-order valence-electron chi connectivity index (χ2n) is 7.83. The largest absolute Gasteiger partial charge is 0.497 e. The molecule has 1 aliphatic rings. The van der Waals surface area contributed by atoms with Crippen molar-refractivity contribution in [3.63, 3.8) is 0 Å². The molecule has 3 amide bonds. The van der Waals surface area contributed by atoms with Crippen LogP contribution in [-0.4, -0.2) is 61.4 Å². The SMILES string of the molecule is CNC(=O)C1(c2ccccn2)CCCN(CC(=O)Nc2cc(OC)ccc2NC(C)=O)C1. The molecule has 2 aromatic rings. The Morgan fingerprint density at radius 3 is 2.62 bits per heavy atom. The molecule has 2 heterocycles. The summed E-state index contributed by atoms with van der Waals surface area (Å²) in [5.74, 6) is -0.0470. The van der Waals surface area contributed by atoms with Gasteiger partial charge in [0.2, 0.25) is 17.7 Å². The number of likely N-dealkylation sites (tertiary alicyclic amines) is 1. The Bertz CT molecular complexity index is 982. The number of methoxy groups -OCH3 is 1. The zero-order valence-electron chi connectivity index (χ0n) is 18.6. The van der Waals surface area contributed by atoms with Gasteiger partial charge in [-0.15, -0.1) is 0 Å². The minimum Gasteiger partial charge on any atom is -0.497 e. The van der Waals surface area contributed by atoms with Crippen molar-refractivity contribution in [1.29, 1.82) is 0 Å². The van der Waals surface area contributed by atoms with Gasteiger partial charge in [0.1, 0.15) is 11.2 Å². The van der Waals surface area contributed by atoms with E-state index in [1.54, 1.807) is 31.4 Å². The number of hydrogen-bond acceptors (Lipinski definition) is 6. The molecule has 0 saturated carbocycles. The van der Waals surface area contributed by atoms with Crippen molar-refractivity contribution in [2.75, 3.05) is 44.4 Å². The standard InChI is InChI=1S/C23H29N5O4/c1-16(29)26-18-9-8-17(32-3)13-19(18)27-21(30)14-28-12-6-10-23(15-28,22(31)24-2)20-7-4-5-11-25-20/h4-5,7-9,11,13H,6,10,12,14-15H2,1-3H3,(H,24,31)(H,26,29)(H,27,30). The van der Waals surface area contributed by atoms with Crippen LogP contribution in [0.25, 0.3) is 0 Å². The Balaban J connectivity index is 1.77. The number of pyridine rings is 1. The number of piperidine rings is 1. The van der Waals surface area contributed by atoms with E-state index in [1.807, 2.05) is 23.1 Å². The highest BCUT2D eigenvalue weighted by Gasteiger charge is 2.44. The summed E-state index contributed by atoms with van der Waals surface area (Å²) < 4.78 is 5.24. The maximum atomic E-state index is 12.9. The maximum absolute atomic E-state index is 12.9. The van der Waals surface area contributed by atoms with Crippen molar-refractivity contribution in [2.45, 2.75) is 25.2 Å². The Kier molecular flexibility index (Phi) is 7.42. The minimum absolute atomic E-state index is 0.0995. The fourth-order valence-corrected chi connectivity index (χ4v) is 4.12. The van der Waals surface area contributed by atoms with Crippen molar-refractivity contribution in [2.24, 2.45) is 0 Å². The van der Waals surface area contributed by atoms with E-state index < -0.39 is 5.41 Å². The van der Waals surface area contributed by atoms with Crippen LogP contribution in [0.15, 0.2) is 42.6 Å². The lowest BCUT2D eigenvalue weighted by atomic mass is 9.75. The lowest BCUT2D eigenvalue weighted by molar-refractivity contribution is -0.130. The van der Waals surface area contributed by atoms with Gasteiger partial charge in [-0.05, 0) is 43.7 Å². The van der Waals surface area contributed by atoms with Crippen LogP contribution >= 0.6 is 0 Å². The predicted octanol–water partition coefficient (Wildman–Crippen LogP) is 1.77. The van der Waals surface area contributed by atoms with Gasteiger partial charge in [0.25, 0.3) is 0 Å². The first-order chi connectivity index (χ1) is 15.4. The minimum atomic E-state index is -0.814. The monoisotopic (exact) mass is 439 g/mol. The van der Waals surface area contributed by atoms with Gasteiger partial charge in [0.15, 0.2) is 0 Å². The molecule has 0 radical (unpaired) electrons. The zero-order chi connectivity index (χ0) is 23.1. The quantitative estimate of drug-likeness (QED) is 0.606. The lowest BCUT2D eigenvalue weighted by Crippen LogP contribution is -2.55. The van der Waals surface area contributed by atoms with E-state index in [2.05, 4.69) is 20.9 Å². The average molecular weight is 440 g/mol. The molecule has 3 N–H and O–H groups in total. The molecule has 1 aromatic carbocycles. The van der Waals surface area contributed by atoms with E-state index in [4.69, 9.17) is 4.74 Å². The molecule has 0 spiro atoms. The summed E-state index contributed by atoms with van der Waals surface area (Å²) in [6.45, 7) is 2.57. The summed E-state index contributed by atoms with van der Waals surface area (Å²) >= 11 is 0. The highest BCUT2D eigenvalue weighted by Crippen LogP contribution is 2.33.